The SMILES string of the molecule is C#CCNC(=O)c1ccc(-c2cnco2)cc1. The molecule has 1 N–H and O–H groups in total. The molecule has 1 heterocycles. The second-order valence-electron chi connectivity index (χ2n) is 3.33. The summed E-state index contributed by atoms with van der Waals surface area (Å²) < 4.78 is 5.15. The minimum absolute atomic E-state index is 0.188. The molecular formula is C13H10N2O2. The molecular weight excluding hydrogens is 216 g/mol. The smallest absolute Gasteiger partial charge is 0.252 e. The zero-order valence-electron chi connectivity index (χ0n) is 9.01. The van der Waals surface area contributed by atoms with E-state index in [1.807, 2.05) is 0 Å². The molecule has 84 valence electrons. The van der Waals surface area contributed by atoms with Crippen LogP contribution in [-0.2, 0) is 0 Å². The average molecular weight is 226 g/mol. The monoisotopic (exact) mass is 226 g/mol. The first kappa shape index (κ1) is 11.0. The Morgan fingerprint density at radius 2 is 2.18 bits per heavy atom. The molecule has 0 aliphatic rings. The van der Waals surface area contributed by atoms with Gasteiger partial charge in [0, 0.05) is 11.1 Å². The molecule has 2 aromatic rings. The van der Waals surface area contributed by atoms with Crippen molar-refractivity contribution in [2.75, 3.05) is 6.54 Å². The summed E-state index contributed by atoms with van der Waals surface area (Å²) in [5.74, 6) is 2.83. The fourth-order valence-electron chi connectivity index (χ4n) is 1.38. The van der Waals surface area contributed by atoms with Gasteiger partial charge < -0.3 is 9.73 Å². The molecule has 2 rings (SSSR count). The third kappa shape index (κ3) is 2.52. The fourth-order valence-corrected chi connectivity index (χ4v) is 1.38. The van der Waals surface area contributed by atoms with Crippen LogP contribution in [-0.4, -0.2) is 17.4 Å². The number of aromatic nitrogens is 1. The van der Waals surface area contributed by atoms with E-state index in [1.54, 1.807) is 30.5 Å². The van der Waals surface area contributed by atoms with E-state index in [4.69, 9.17) is 10.8 Å². The van der Waals surface area contributed by atoms with Crippen molar-refractivity contribution in [1.29, 1.82) is 0 Å². The lowest BCUT2D eigenvalue weighted by Crippen LogP contribution is -2.23. The first-order valence-electron chi connectivity index (χ1n) is 5.02. The van der Waals surface area contributed by atoms with Gasteiger partial charge in [0.2, 0.25) is 0 Å². The number of benzene rings is 1. The van der Waals surface area contributed by atoms with Crippen LogP contribution < -0.4 is 5.32 Å². The molecule has 4 heteroatoms. The predicted molar refractivity (Wildman–Crippen MR) is 63.1 cm³/mol. The van der Waals surface area contributed by atoms with E-state index in [9.17, 15) is 4.79 Å². The van der Waals surface area contributed by atoms with Gasteiger partial charge in [-0.2, -0.15) is 0 Å². The Morgan fingerprint density at radius 1 is 1.41 bits per heavy atom. The number of carbonyl (C=O) groups excluding carboxylic acids is 1. The van der Waals surface area contributed by atoms with Crippen LogP contribution in [0.2, 0.25) is 0 Å². The van der Waals surface area contributed by atoms with Crippen molar-refractivity contribution in [1.82, 2.24) is 10.3 Å². The fraction of sp³-hybridized carbons (Fsp3) is 0.0769. The summed E-state index contributed by atoms with van der Waals surface area (Å²) in [7, 11) is 0. The Kier molecular flexibility index (Phi) is 3.22. The third-order valence-electron chi connectivity index (χ3n) is 2.21. The third-order valence-corrected chi connectivity index (χ3v) is 2.21. The molecule has 0 fully saturated rings. The molecule has 0 aliphatic heterocycles. The van der Waals surface area contributed by atoms with Gasteiger partial charge in [0.25, 0.3) is 5.91 Å². The maximum absolute atomic E-state index is 11.6. The highest BCUT2D eigenvalue weighted by Gasteiger charge is 2.05. The van der Waals surface area contributed by atoms with Crippen molar-refractivity contribution >= 4 is 5.91 Å². The van der Waals surface area contributed by atoms with Crippen LogP contribution >= 0.6 is 0 Å². The summed E-state index contributed by atoms with van der Waals surface area (Å²) in [5, 5.41) is 2.59. The Morgan fingerprint density at radius 3 is 2.76 bits per heavy atom. The first-order chi connectivity index (χ1) is 8.31. The number of nitrogens with one attached hydrogen (secondary N) is 1. The topological polar surface area (TPSA) is 55.1 Å². The summed E-state index contributed by atoms with van der Waals surface area (Å²) in [5.41, 5.74) is 1.43. The summed E-state index contributed by atoms with van der Waals surface area (Å²) >= 11 is 0. The van der Waals surface area contributed by atoms with E-state index in [-0.39, 0.29) is 12.5 Å². The van der Waals surface area contributed by atoms with Crippen molar-refractivity contribution in [2.45, 2.75) is 0 Å². The van der Waals surface area contributed by atoms with Gasteiger partial charge in [0.05, 0.1) is 12.7 Å². The minimum atomic E-state index is -0.188. The molecule has 17 heavy (non-hydrogen) atoms. The Bertz CT molecular complexity index is 536. The van der Waals surface area contributed by atoms with Crippen LogP contribution in [0.4, 0.5) is 0 Å². The highest BCUT2D eigenvalue weighted by molar-refractivity contribution is 5.94. The van der Waals surface area contributed by atoms with Crippen molar-refractivity contribution in [3.05, 3.63) is 42.4 Å². The van der Waals surface area contributed by atoms with Crippen molar-refractivity contribution in [3.8, 4) is 23.7 Å². The molecule has 0 saturated heterocycles. The molecule has 0 radical (unpaired) electrons. The molecule has 0 saturated carbocycles. The molecule has 4 nitrogen and oxygen atoms in total. The summed E-state index contributed by atoms with van der Waals surface area (Å²) in [6.45, 7) is 0.225. The van der Waals surface area contributed by atoms with Gasteiger partial charge in [-0.3, -0.25) is 4.79 Å². The zero-order valence-corrected chi connectivity index (χ0v) is 9.01. The number of nitrogens with zero attached hydrogens (tertiary/aromatic N) is 1. The van der Waals surface area contributed by atoms with Gasteiger partial charge in [0.15, 0.2) is 12.2 Å². The van der Waals surface area contributed by atoms with Crippen LogP contribution in [0.25, 0.3) is 11.3 Å². The van der Waals surface area contributed by atoms with Crippen LogP contribution in [0.3, 0.4) is 0 Å². The lowest BCUT2D eigenvalue weighted by molar-refractivity contribution is 0.0958. The molecule has 1 amide bonds. The van der Waals surface area contributed by atoms with Gasteiger partial charge >= 0.3 is 0 Å². The Labute approximate surface area is 98.7 Å². The predicted octanol–water partition coefficient (Wildman–Crippen LogP) is 1.70. The molecule has 0 bridgehead atoms. The number of hydrogen-bond donors (Lipinski definition) is 1. The second-order valence-corrected chi connectivity index (χ2v) is 3.33. The average Bonchev–Trinajstić information content (AvgIpc) is 2.90. The van der Waals surface area contributed by atoms with Gasteiger partial charge in [-0.1, -0.05) is 18.1 Å². The highest BCUT2D eigenvalue weighted by Crippen LogP contribution is 2.18. The van der Waals surface area contributed by atoms with E-state index < -0.39 is 0 Å². The second kappa shape index (κ2) is 4.99. The van der Waals surface area contributed by atoms with E-state index in [0.717, 1.165) is 5.56 Å². The molecule has 0 spiro atoms. The maximum atomic E-state index is 11.6. The molecule has 0 atom stereocenters. The lowest BCUT2D eigenvalue weighted by Gasteiger charge is -2.02. The van der Waals surface area contributed by atoms with Crippen molar-refractivity contribution in [2.24, 2.45) is 0 Å². The highest BCUT2D eigenvalue weighted by atomic mass is 16.3. The maximum Gasteiger partial charge on any atom is 0.252 e. The van der Waals surface area contributed by atoms with Gasteiger partial charge in [0.1, 0.15) is 0 Å². The molecule has 1 aromatic heterocycles. The largest absolute Gasteiger partial charge is 0.444 e. The van der Waals surface area contributed by atoms with E-state index in [2.05, 4.69) is 16.2 Å². The number of terminal acetylenes is 1. The van der Waals surface area contributed by atoms with Crippen LogP contribution in [0, 0.1) is 12.3 Å². The Balaban J connectivity index is 2.14. The van der Waals surface area contributed by atoms with E-state index >= 15 is 0 Å². The van der Waals surface area contributed by atoms with Crippen LogP contribution in [0.1, 0.15) is 10.4 Å². The van der Waals surface area contributed by atoms with Crippen molar-refractivity contribution in [3.63, 3.8) is 0 Å². The van der Waals surface area contributed by atoms with Crippen LogP contribution in [0.5, 0.6) is 0 Å². The lowest BCUT2D eigenvalue weighted by atomic mass is 10.1. The molecule has 0 unspecified atom stereocenters. The number of rotatable bonds is 3. The van der Waals surface area contributed by atoms with E-state index in [1.165, 1.54) is 6.39 Å². The summed E-state index contributed by atoms with van der Waals surface area (Å²) in [4.78, 5) is 15.4. The number of hydrogen-bond acceptors (Lipinski definition) is 3. The summed E-state index contributed by atoms with van der Waals surface area (Å²) in [6, 6.07) is 7.02. The molecule has 0 aliphatic carbocycles. The van der Waals surface area contributed by atoms with Crippen LogP contribution in [0.15, 0.2) is 41.3 Å². The van der Waals surface area contributed by atoms with Gasteiger partial charge in [-0.15, -0.1) is 6.42 Å². The Hall–Kier alpha value is -2.54. The van der Waals surface area contributed by atoms with Crippen molar-refractivity contribution < 1.29 is 9.21 Å². The molecule has 1 aromatic carbocycles. The zero-order chi connectivity index (χ0) is 12.1. The van der Waals surface area contributed by atoms with Gasteiger partial charge in [-0.05, 0) is 12.1 Å². The number of carbonyl (C=O) groups is 1. The van der Waals surface area contributed by atoms with E-state index in [0.29, 0.717) is 11.3 Å². The number of oxazole rings is 1. The summed E-state index contributed by atoms with van der Waals surface area (Å²) in [6.07, 6.45) is 8.04. The standard InChI is InChI=1S/C13H10N2O2/c1-2-7-15-13(16)11-5-3-10(4-6-11)12-8-14-9-17-12/h1,3-6,8-9H,7H2,(H,15,16). The minimum Gasteiger partial charge on any atom is -0.444 e. The normalized spacial score (nSPS) is 9.59. The number of amides is 1. The van der Waals surface area contributed by atoms with Gasteiger partial charge in [-0.25, -0.2) is 4.98 Å². The first-order valence-corrected chi connectivity index (χ1v) is 5.02. The quantitative estimate of drug-likeness (QED) is 0.810.